The molecule has 0 amide bonds. The Morgan fingerprint density at radius 1 is 1.33 bits per heavy atom. The molecule has 30 heavy (non-hydrogen) atoms. The third-order valence-corrected chi connectivity index (χ3v) is 8.99. The number of fused-ring (bicyclic) bond motifs is 2. The molecule has 5 rings (SSSR count). The van der Waals surface area contributed by atoms with Gasteiger partial charge in [-0.1, -0.05) is 36.8 Å². The van der Waals surface area contributed by atoms with E-state index in [2.05, 4.69) is 40.7 Å². The molecule has 10 heteroatoms. The maximum absolute atomic E-state index is 13.1. The Bertz CT molecular complexity index is 1050. The molecule has 3 heterocycles. The number of nitrogens with zero attached hydrogens (tertiary/aromatic N) is 2. The van der Waals surface area contributed by atoms with Crippen molar-refractivity contribution in [3.63, 3.8) is 0 Å². The van der Waals surface area contributed by atoms with Crippen LogP contribution in [0.3, 0.4) is 0 Å². The van der Waals surface area contributed by atoms with Gasteiger partial charge in [-0.3, -0.25) is 0 Å². The van der Waals surface area contributed by atoms with Crippen LogP contribution in [-0.2, 0) is 14.8 Å². The molecule has 0 radical (unpaired) electrons. The normalized spacial score (nSPS) is 26.9. The van der Waals surface area contributed by atoms with Crippen molar-refractivity contribution in [1.29, 1.82) is 0 Å². The highest BCUT2D eigenvalue weighted by molar-refractivity contribution is 7.89. The van der Waals surface area contributed by atoms with Crippen molar-refractivity contribution in [2.75, 3.05) is 31.6 Å². The molecular weight excluding hydrogens is 444 g/mol. The van der Waals surface area contributed by atoms with Crippen LogP contribution in [0.4, 0.5) is 5.13 Å². The summed E-state index contributed by atoms with van der Waals surface area (Å²) in [5, 5.41) is 4.37. The Kier molecular flexibility index (Phi) is 5.83. The highest BCUT2D eigenvalue weighted by Gasteiger charge is 2.61. The van der Waals surface area contributed by atoms with Gasteiger partial charge >= 0.3 is 0 Å². The van der Waals surface area contributed by atoms with Gasteiger partial charge in [0.05, 0.1) is 33.0 Å². The Hall–Kier alpha value is -0.970. The van der Waals surface area contributed by atoms with E-state index in [1.165, 1.54) is 11.3 Å². The van der Waals surface area contributed by atoms with Crippen LogP contribution in [0.1, 0.15) is 40.5 Å². The van der Waals surface area contributed by atoms with Gasteiger partial charge in [-0.2, -0.15) is 0 Å². The van der Waals surface area contributed by atoms with Gasteiger partial charge in [0.15, 0.2) is 5.13 Å². The summed E-state index contributed by atoms with van der Waals surface area (Å²) in [5.74, 6) is 0. The molecule has 2 bridgehead atoms. The number of halogens is 1. The molecule has 1 aromatic heterocycles. The SMILES string of the molecule is CCN(CC)CC(C)Nc1nc2cc(Cl)c(S(=O)(=O)NC34COC(C)(C3)C4)cc2s1. The maximum atomic E-state index is 13.1. The van der Waals surface area contributed by atoms with Crippen LogP contribution < -0.4 is 10.0 Å². The topological polar surface area (TPSA) is 83.6 Å². The van der Waals surface area contributed by atoms with E-state index in [9.17, 15) is 8.42 Å². The minimum Gasteiger partial charge on any atom is -0.373 e. The molecule has 166 valence electrons. The van der Waals surface area contributed by atoms with E-state index in [-0.39, 0.29) is 21.6 Å². The average Bonchev–Trinajstić information content (AvgIpc) is 3.27. The number of hydrogen-bond donors (Lipinski definition) is 2. The van der Waals surface area contributed by atoms with Crippen LogP contribution >= 0.6 is 22.9 Å². The predicted octanol–water partition coefficient (Wildman–Crippen LogP) is 3.69. The summed E-state index contributed by atoms with van der Waals surface area (Å²) in [4.78, 5) is 7.04. The van der Waals surface area contributed by atoms with E-state index >= 15 is 0 Å². The molecule has 2 aromatic rings. The fourth-order valence-corrected chi connectivity index (χ4v) is 7.67. The molecule has 1 unspecified atom stereocenters. The zero-order chi connectivity index (χ0) is 21.7. The monoisotopic (exact) mass is 472 g/mol. The number of anilines is 1. The smallest absolute Gasteiger partial charge is 0.242 e. The third-order valence-electron chi connectivity index (χ3n) is 6.00. The zero-order valence-electron chi connectivity index (χ0n) is 17.8. The summed E-state index contributed by atoms with van der Waals surface area (Å²) >= 11 is 7.81. The highest BCUT2D eigenvalue weighted by atomic mass is 35.5. The summed E-state index contributed by atoms with van der Waals surface area (Å²) in [6.07, 6.45) is 1.39. The van der Waals surface area contributed by atoms with Gasteiger partial charge in [-0.15, -0.1) is 0 Å². The minimum atomic E-state index is -3.76. The van der Waals surface area contributed by atoms with Crippen molar-refractivity contribution in [2.24, 2.45) is 0 Å². The van der Waals surface area contributed by atoms with Gasteiger partial charge in [-0.25, -0.2) is 18.1 Å². The molecule has 2 aliphatic heterocycles. The first-order valence-corrected chi connectivity index (χ1v) is 13.0. The lowest BCUT2D eigenvalue weighted by atomic mass is 9.70. The fourth-order valence-electron chi connectivity index (χ4n) is 4.66. The summed E-state index contributed by atoms with van der Waals surface area (Å²) in [6.45, 7) is 11.7. The number of likely N-dealkylation sites (N-methyl/N-ethyl adjacent to an activating group) is 1. The van der Waals surface area contributed by atoms with E-state index < -0.39 is 15.6 Å². The van der Waals surface area contributed by atoms with E-state index in [1.807, 2.05) is 6.92 Å². The van der Waals surface area contributed by atoms with Gasteiger partial charge in [0.1, 0.15) is 4.90 Å². The lowest BCUT2D eigenvalue weighted by Gasteiger charge is -2.42. The standard InChI is InChI=1S/C20H29ClN4O3S2/c1-5-25(6-2)9-13(3)22-18-23-15-7-14(21)17(8-16(15)29-18)30(26,27)24-20-10-19(4,11-20)28-12-20/h7-8,13,24H,5-6,9-12H2,1-4H3,(H,22,23). The van der Waals surface area contributed by atoms with Crippen LogP contribution in [0.5, 0.6) is 0 Å². The number of thiazole rings is 1. The van der Waals surface area contributed by atoms with E-state index in [0.29, 0.717) is 25.0 Å². The Morgan fingerprint density at radius 3 is 2.63 bits per heavy atom. The molecule has 1 aromatic carbocycles. The Balaban J connectivity index is 1.53. The number of rotatable bonds is 9. The largest absolute Gasteiger partial charge is 0.373 e. The summed E-state index contributed by atoms with van der Waals surface area (Å²) in [7, 11) is -3.76. The number of sulfonamides is 1. The van der Waals surface area contributed by atoms with Crippen molar-refractivity contribution < 1.29 is 13.2 Å². The van der Waals surface area contributed by atoms with Crippen LogP contribution in [-0.4, -0.2) is 61.7 Å². The average molecular weight is 473 g/mol. The Labute approximate surface area is 187 Å². The number of nitrogens with one attached hydrogen (secondary N) is 2. The first-order valence-electron chi connectivity index (χ1n) is 10.3. The lowest BCUT2D eigenvalue weighted by molar-refractivity contribution is 0.0151. The van der Waals surface area contributed by atoms with Crippen LogP contribution in [0, 0.1) is 0 Å². The van der Waals surface area contributed by atoms with E-state index in [1.54, 1.807) is 12.1 Å². The zero-order valence-corrected chi connectivity index (χ0v) is 20.2. The number of hydrogen-bond acceptors (Lipinski definition) is 7. The van der Waals surface area contributed by atoms with Gasteiger partial charge in [0, 0.05) is 12.6 Å². The number of aromatic nitrogens is 1. The van der Waals surface area contributed by atoms with E-state index in [0.717, 1.165) is 29.5 Å². The van der Waals surface area contributed by atoms with Crippen LogP contribution in [0.25, 0.3) is 10.2 Å². The second-order valence-electron chi connectivity index (χ2n) is 8.78. The lowest BCUT2D eigenvalue weighted by Crippen LogP contribution is -2.58. The maximum Gasteiger partial charge on any atom is 0.242 e. The second kappa shape index (κ2) is 7.86. The van der Waals surface area contributed by atoms with Crippen molar-refractivity contribution in [2.45, 2.75) is 62.6 Å². The molecule has 1 atom stereocenters. The Morgan fingerprint density at radius 2 is 2.03 bits per heavy atom. The third kappa shape index (κ3) is 4.20. The molecular formula is C20H29ClN4O3S2. The summed E-state index contributed by atoms with van der Waals surface area (Å²) < 4.78 is 35.5. The minimum absolute atomic E-state index is 0.0953. The fraction of sp³-hybridized carbons (Fsp3) is 0.650. The molecule has 3 aliphatic rings. The predicted molar refractivity (Wildman–Crippen MR) is 122 cm³/mol. The number of benzene rings is 1. The number of ether oxygens (including phenoxy) is 1. The molecule has 1 saturated carbocycles. The molecule has 7 nitrogen and oxygen atoms in total. The molecule has 3 fully saturated rings. The van der Waals surface area contributed by atoms with Crippen molar-refractivity contribution in [3.05, 3.63) is 17.2 Å². The second-order valence-corrected chi connectivity index (χ2v) is 11.9. The van der Waals surface area contributed by atoms with Gasteiger partial charge in [-0.05, 0) is 51.9 Å². The summed E-state index contributed by atoms with van der Waals surface area (Å²) in [5.41, 5.74) is -0.0114. The van der Waals surface area contributed by atoms with Crippen molar-refractivity contribution >= 4 is 48.3 Å². The molecule has 1 aliphatic carbocycles. The summed E-state index contributed by atoms with van der Waals surface area (Å²) in [6, 6.07) is 3.48. The first-order chi connectivity index (χ1) is 14.1. The van der Waals surface area contributed by atoms with E-state index in [4.69, 9.17) is 16.3 Å². The van der Waals surface area contributed by atoms with Crippen LogP contribution in [0.2, 0.25) is 5.02 Å². The molecule has 0 spiro atoms. The molecule has 2 N–H and O–H groups in total. The van der Waals surface area contributed by atoms with Gasteiger partial charge < -0.3 is 15.0 Å². The molecule has 2 saturated heterocycles. The van der Waals surface area contributed by atoms with Crippen LogP contribution in [0.15, 0.2) is 17.0 Å². The quantitative estimate of drug-likeness (QED) is 0.579. The van der Waals surface area contributed by atoms with Gasteiger partial charge in [0.2, 0.25) is 10.0 Å². The van der Waals surface area contributed by atoms with Crippen molar-refractivity contribution in [1.82, 2.24) is 14.6 Å². The van der Waals surface area contributed by atoms with Crippen molar-refractivity contribution in [3.8, 4) is 0 Å². The highest BCUT2D eigenvalue weighted by Crippen LogP contribution is 2.51. The first kappa shape index (κ1) is 22.2. The van der Waals surface area contributed by atoms with Gasteiger partial charge in [0.25, 0.3) is 0 Å².